The molecule has 0 N–H and O–H groups in total. The maximum atomic E-state index is 14.0. The summed E-state index contributed by atoms with van der Waals surface area (Å²) in [6.45, 7) is 6.81. The summed E-state index contributed by atoms with van der Waals surface area (Å²) in [5, 5.41) is -0.793. The zero-order chi connectivity index (χ0) is 19.2. The Morgan fingerprint density at radius 2 is 1.20 bits per heavy atom. The maximum Gasteiger partial charge on any atom is 0.225 e. The van der Waals surface area contributed by atoms with Crippen LogP contribution in [0.1, 0.15) is 58.8 Å². The van der Waals surface area contributed by atoms with Crippen molar-refractivity contribution in [1.82, 2.24) is 0 Å². The van der Waals surface area contributed by atoms with Gasteiger partial charge in [-0.3, -0.25) is 0 Å². The van der Waals surface area contributed by atoms with Gasteiger partial charge in [-0.25, -0.2) is 22.0 Å². The van der Waals surface area contributed by atoms with Crippen LogP contribution in [0.5, 0.6) is 0 Å². The van der Waals surface area contributed by atoms with Gasteiger partial charge in [0.1, 0.15) is 0 Å². The lowest BCUT2D eigenvalue weighted by atomic mass is 10.1. The van der Waals surface area contributed by atoms with E-state index in [4.69, 9.17) is 4.43 Å². The normalized spacial score (nSPS) is 13.3. The SMILES string of the molecule is CCCCCCCCC(C)O[Si](C)(C)c1c(F)c(F)c(F)c(F)c1F. The van der Waals surface area contributed by atoms with E-state index < -0.39 is 42.6 Å². The van der Waals surface area contributed by atoms with Gasteiger partial charge < -0.3 is 4.43 Å². The zero-order valence-electron chi connectivity index (χ0n) is 15.3. The van der Waals surface area contributed by atoms with Crippen LogP contribution in [0.25, 0.3) is 0 Å². The molecule has 1 nitrogen and oxygen atoms in total. The molecule has 0 spiro atoms. The molecule has 0 fully saturated rings. The average Bonchev–Trinajstić information content (AvgIpc) is 2.53. The summed E-state index contributed by atoms with van der Waals surface area (Å²) >= 11 is 0. The van der Waals surface area contributed by atoms with Crippen LogP contribution in [0.3, 0.4) is 0 Å². The van der Waals surface area contributed by atoms with Gasteiger partial charge in [-0.15, -0.1) is 0 Å². The molecule has 0 aliphatic carbocycles. The first-order chi connectivity index (χ1) is 11.6. The molecule has 0 radical (unpaired) electrons. The van der Waals surface area contributed by atoms with Crippen molar-refractivity contribution in [3.05, 3.63) is 29.1 Å². The predicted octanol–water partition coefficient (Wildman–Crippen LogP) is 5.95. The molecule has 0 saturated carbocycles. The first-order valence-electron chi connectivity index (χ1n) is 8.83. The molecule has 0 aromatic heterocycles. The van der Waals surface area contributed by atoms with Gasteiger partial charge in [-0.05, 0) is 26.4 Å². The molecule has 144 valence electrons. The van der Waals surface area contributed by atoms with E-state index in [-0.39, 0.29) is 6.10 Å². The van der Waals surface area contributed by atoms with Crippen molar-refractivity contribution in [1.29, 1.82) is 0 Å². The van der Waals surface area contributed by atoms with Gasteiger partial charge in [0.15, 0.2) is 23.3 Å². The van der Waals surface area contributed by atoms with E-state index in [1.54, 1.807) is 6.92 Å². The molecular weight excluding hydrogens is 355 g/mol. The van der Waals surface area contributed by atoms with E-state index >= 15 is 0 Å². The second-order valence-corrected chi connectivity index (χ2v) is 10.7. The van der Waals surface area contributed by atoms with Crippen LogP contribution in [-0.2, 0) is 4.43 Å². The van der Waals surface area contributed by atoms with Crippen LogP contribution in [0, 0.1) is 29.1 Å². The molecule has 0 saturated heterocycles. The summed E-state index contributed by atoms with van der Waals surface area (Å²) < 4.78 is 73.8. The Morgan fingerprint density at radius 3 is 1.72 bits per heavy atom. The largest absolute Gasteiger partial charge is 0.410 e. The van der Waals surface area contributed by atoms with Gasteiger partial charge in [-0.2, -0.15) is 0 Å². The van der Waals surface area contributed by atoms with E-state index in [1.165, 1.54) is 32.4 Å². The highest BCUT2D eigenvalue weighted by Crippen LogP contribution is 2.22. The molecule has 25 heavy (non-hydrogen) atoms. The zero-order valence-corrected chi connectivity index (χ0v) is 16.3. The molecule has 0 aliphatic rings. The lowest BCUT2D eigenvalue weighted by molar-refractivity contribution is 0.200. The van der Waals surface area contributed by atoms with Crippen molar-refractivity contribution in [2.24, 2.45) is 0 Å². The summed E-state index contributed by atoms with van der Waals surface area (Å²) in [4.78, 5) is 0. The topological polar surface area (TPSA) is 9.23 Å². The Kier molecular flexibility index (Phi) is 8.54. The molecule has 0 amide bonds. The summed E-state index contributed by atoms with van der Waals surface area (Å²) in [6, 6.07) is 0. The van der Waals surface area contributed by atoms with Crippen LogP contribution in [0.2, 0.25) is 13.1 Å². The molecule has 0 aliphatic heterocycles. The Labute approximate surface area is 147 Å². The van der Waals surface area contributed by atoms with Crippen molar-refractivity contribution in [2.75, 3.05) is 0 Å². The minimum atomic E-state index is -3.30. The molecule has 1 rings (SSSR count). The van der Waals surface area contributed by atoms with Crippen molar-refractivity contribution in [3.8, 4) is 0 Å². The first-order valence-corrected chi connectivity index (χ1v) is 11.7. The van der Waals surface area contributed by atoms with Gasteiger partial charge in [0.2, 0.25) is 14.1 Å². The van der Waals surface area contributed by atoms with Gasteiger partial charge in [0.05, 0.1) is 0 Å². The number of unbranched alkanes of at least 4 members (excludes halogenated alkanes) is 5. The van der Waals surface area contributed by atoms with E-state index in [0.717, 1.165) is 19.3 Å². The van der Waals surface area contributed by atoms with Crippen LogP contribution >= 0.6 is 0 Å². The number of benzene rings is 1. The monoisotopic (exact) mass is 382 g/mol. The highest BCUT2D eigenvalue weighted by atomic mass is 28.4. The molecule has 1 unspecified atom stereocenters. The molecule has 0 bridgehead atoms. The maximum absolute atomic E-state index is 14.0. The lowest BCUT2D eigenvalue weighted by Crippen LogP contribution is -2.51. The fourth-order valence-corrected chi connectivity index (χ4v) is 5.48. The van der Waals surface area contributed by atoms with E-state index in [0.29, 0.717) is 6.42 Å². The quantitative estimate of drug-likeness (QED) is 0.160. The highest BCUT2D eigenvalue weighted by molar-refractivity contribution is 6.84. The first kappa shape index (κ1) is 22.1. The van der Waals surface area contributed by atoms with E-state index in [2.05, 4.69) is 6.92 Å². The van der Waals surface area contributed by atoms with E-state index in [9.17, 15) is 22.0 Å². The van der Waals surface area contributed by atoms with Crippen molar-refractivity contribution >= 4 is 13.5 Å². The van der Waals surface area contributed by atoms with Crippen LogP contribution in [0.4, 0.5) is 22.0 Å². The summed E-state index contributed by atoms with van der Waals surface area (Å²) in [6.07, 6.45) is 7.01. The van der Waals surface area contributed by atoms with Gasteiger partial charge in [0.25, 0.3) is 0 Å². The van der Waals surface area contributed by atoms with E-state index in [1.807, 2.05) is 0 Å². The fraction of sp³-hybridized carbons (Fsp3) is 0.667. The van der Waals surface area contributed by atoms with Crippen LogP contribution < -0.4 is 5.19 Å². The molecule has 7 heteroatoms. The summed E-state index contributed by atoms with van der Waals surface area (Å²) in [5.74, 6) is -9.52. The standard InChI is InChI=1S/C18H27F5OSi/c1-5-6-7-8-9-10-11-12(2)24-25(3,4)18-16(22)14(20)13(19)15(21)17(18)23/h12H,5-11H2,1-4H3. The predicted molar refractivity (Wildman–Crippen MR) is 91.9 cm³/mol. The number of hydrogen-bond donors (Lipinski definition) is 0. The number of hydrogen-bond acceptors (Lipinski definition) is 1. The Hall–Kier alpha value is -0.953. The van der Waals surface area contributed by atoms with Crippen molar-refractivity contribution in [2.45, 2.75) is 78.0 Å². The van der Waals surface area contributed by atoms with Gasteiger partial charge in [-0.1, -0.05) is 45.4 Å². The molecular formula is C18H27F5OSi. The molecule has 0 heterocycles. The Balaban J connectivity index is 2.75. The minimum absolute atomic E-state index is 0.303. The summed E-state index contributed by atoms with van der Waals surface area (Å²) in [5.41, 5.74) is 0. The fourth-order valence-electron chi connectivity index (χ4n) is 2.97. The minimum Gasteiger partial charge on any atom is -0.410 e. The van der Waals surface area contributed by atoms with Crippen molar-refractivity contribution < 1.29 is 26.4 Å². The third kappa shape index (κ3) is 5.77. The molecule has 1 aromatic rings. The second-order valence-electron chi connectivity index (χ2n) is 6.94. The number of rotatable bonds is 10. The Bertz CT molecular complexity index is 548. The van der Waals surface area contributed by atoms with Crippen LogP contribution in [-0.4, -0.2) is 14.4 Å². The third-order valence-electron chi connectivity index (χ3n) is 4.27. The second kappa shape index (κ2) is 9.66. The highest BCUT2D eigenvalue weighted by Gasteiger charge is 2.38. The third-order valence-corrected chi connectivity index (χ3v) is 6.91. The Morgan fingerprint density at radius 1 is 0.760 bits per heavy atom. The molecule has 1 aromatic carbocycles. The van der Waals surface area contributed by atoms with Gasteiger partial charge in [0, 0.05) is 11.3 Å². The van der Waals surface area contributed by atoms with Gasteiger partial charge >= 0.3 is 0 Å². The smallest absolute Gasteiger partial charge is 0.225 e. The molecule has 1 atom stereocenters. The average molecular weight is 382 g/mol. The van der Waals surface area contributed by atoms with Crippen LogP contribution in [0.15, 0.2) is 0 Å². The number of halogens is 5. The summed E-state index contributed by atoms with van der Waals surface area (Å²) in [7, 11) is -3.30. The lowest BCUT2D eigenvalue weighted by Gasteiger charge is -2.28. The van der Waals surface area contributed by atoms with Crippen molar-refractivity contribution in [3.63, 3.8) is 0 Å².